The van der Waals surface area contributed by atoms with Gasteiger partial charge in [0.1, 0.15) is 0 Å². The summed E-state index contributed by atoms with van der Waals surface area (Å²) in [5, 5.41) is 1.06. The molecule has 2 heteroatoms. The molecule has 0 aliphatic heterocycles. The van der Waals surface area contributed by atoms with Gasteiger partial charge in [0.2, 0.25) is 0 Å². The third-order valence-electron chi connectivity index (χ3n) is 3.87. The number of anilines is 1. The lowest BCUT2D eigenvalue weighted by Gasteiger charge is -2.12. The molecule has 1 aromatic heterocycles. The number of aryl methyl sites for hydroxylation is 1. The number of nitrogens with two attached hydrogens (primary N) is 1. The number of nitrogen functional groups attached to an aromatic ring is 1. The lowest BCUT2D eigenvalue weighted by Crippen LogP contribution is -2.00. The van der Waals surface area contributed by atoms with Crippen molar-refractivity contribution in [3.05, 3.63) is 70.9 Å². The van der Waals surface area contributed by atoms with Crippen molar-refractivity contribution in [2.45, 2.75) is 20.3 Å². The summed E-state index contributed by atoms with van der Waals surface area (Å²) in [6.45, 7) is 4.05. The van der Waals surface area contributed by atoms with Gasteiger partial charge in [0.05, 0.1) is 5.52 Å². The van der Waals surface area contributed by atoms with Crippen LogP contribution in [0.25, 0.3) is 10.9 Å². The number of hydrogen-bond donors (Lipinski definition) is 1. The van der Waals surface area contributed by atoms with Crippen molar-refractivity contribution >= 4 is 16.6 Å². The van der Waals surface area contributed by atoms with Crippen LogP contribution in [0, 0.1) is 13.8 Å². The quantitative estimate of drug-likeness (QED) is 0.757. The molecule has 20 heavy (non-hydrogen) atoms. The number of benzene rings is 2. The van der Waals surface area contributed by atoms with Crippen LogP contribution >= 0.6 is 0 Å². The lowest BCUT2D eigenvalue weighted by atomic mass is 9.99. The first-order chi connectivity index (χ1) is 9.66. The molecule has 100 valence electrons. The van der Waals surface area contributed by atoms with Crippen LogP contribution in [0.1, 0.15) is 22.4 Å². The minimum Gasteiger partial charge on any atom is -0.398 e. The smallest absolute Gasteiger partial charge is 0.0761 e. The Labute approximate surface area is 119 Å². The summed E-state index contributed by atoms with van der Waals surface area (Å²) in [5.41, 5.74) is 12.7. The summed E-state index contributed by atoms with van der Waals surface area (Å²) in [6, 6.07) is 16.7. The fraction of sp³-hybridized carbons (Fsp3) is 0.167. The average Bonchev–Trinajstić information content (AvgIpc) is 2.47. The monoisotopic (exact) mass is 262 g/mol. The van der Waals surface area contributed by atoms with E-state index >= 15 is 0 Å². The Morgan fingerprint density at radius 1 is 0.950 bits per heavy atom. The topological polar surface area (TPSA) is 38.9 Å². The predicted octanol–water partition coefficient (Wildman–Crippen LogP) is 4.02. The molecule has 0 saturated carbocycles. The molecule has 2 N–H and O–H groups in total. The summed E-state index contributed by atoms with van der Waals surface area (Å²) < 4.78 is 0. The van der Waals surface area contributed by atoms with Gasteiger partial charge >= 0.3 is 0 Å². The van der Waals surface area contributed by atoms with Crippen LogP contribution in [-0.2, 0) is 6.42 Å². The minimum atomic E-state index is 0.849. The molecular weight excluding hydrogens is 244 g/mol. The fourth-order valence-corrected chi connectivity index (χ4v) is 2.55. The van der Waals surface area contributed by atoms with Gasteiger partial charge in [-0.25, -0.2) is 0 Å². The van der Waals surface area contributed by atoms with Crippen LogP contribution in [-0.4, -0.2) is 4.98 Å². The van der Waals surface area contributed by atoms with E-state index in [1.54, 1.807) is 0 Å². The Morgan fingerprint density at radius 3 is 2.45 bits per heavy atom. The number of aromatic nitrogens is 1. The number of pyridine rings is 1. The zero-order chi connectivity index (χ0) is 14.1. The maximum atomic E-state index is 6.24. The Balaban J connectivity index is 2.17. The number of fused-ring (bicyclic) bond motifs is 1. The second-order valence-electron chi connectivity index (χ2n) is 5.21. The van der Waals surface area contributed by atoms with Crippen molar-refractivity contribution in [3.8, 4) is 0 Å². The fourth-order valence-electron chi connectivity index (χ4n) is 2.55. The van der Waals surface area contributed by atoms with Gasteiger partial charge in [-0.3, -0.25) is 4.98 Å². The Morgan fingerprint density at radius 2 is 1.70 bits per heavy atom. The highest BCUT2D eigenvalue weighted by molar-refractivity contribution is 5.94. The molecule has 0 saturated heterocycles. The minimum absolute atomic E-state index is 0.849. The Hall–Kier alpha value is -2.35. The van der Waals surface area contributed by atoms with Crippen LogP contribution in [0.2, 0.25) is 0 Å². The molecule has 0 aliphatic rings. The van der Waals surface area contributed by atoms with Gasteiger partial charge in [0.15, 0.2) is 0 Å². The first-order valence-corrected chi connectivity index (χ1v) is 6.85. The maximum absolute atomic E-state index is 6.24. The molecule has 0 radical (unpaired) electrons. The molecule has 0 bridgehead atoms. The second-order valence-corrected chi connectivity index (χ2v) is 5.21. The summed E-state index contributed by atoms with van der Waals surface area (Å²) in [4.78, 5) is 4.75. The summed E-state index contributed by atoms with van der Waals surface area (Å²) >= 11 is 0. The van der Waals surface area contributed by atoms with Gasteiger partial charge in [-0.2, -0.15) is 0 Å². The average molecular weight is 262 g/mol. The number of nitrogens with zero attached hydrogens (tertiary/aromatic N) is 1. The summed E-state index contributed by atoms with van der Waals surface area (Å²) in [5.74, 6) is 0. The van der Waals surface area contributed by atoms with Crippen molar-refractivity contribution in [1.82, 2.24) is 4.98 Å². The van der Waals surface area contributed by atoms with Gasteiger partial charge in [-0.05, 0) is 37.0 Å². The normalized spacial score (nSPS) is 10.9. The number of para-hydroxylation sites is 1. The van der Waals surface area contributed by atoms with Crippen molar-refractivity contribution in [2.75, 3.05) is 5.73 Å². The largest absolute Gasteiger partial charge is 0.398 e. The van der Waals surface area contributed by atoms with E-state index in [0.29, 0.717) is 0 Å². The second kappa shape index (κ2) is 4.97. The highest BCUT2D eigenvalue weighted by atomic mass is 14.7. The van der Waals surface area contributed by atoms with Crippen molar-refractivity contribution in [2.24, 2.45) is 0 Å². The molecule has 2 aromatic carbocycles. The molecule has 1 heterocycles. The van der Waals surface area contributed by atoms with E-state index in [4.69, 9.17) is 10.7 Å². The molecule has 0 unspecified atom stereocenters. The van der Waals surface area contributed by atoms with E-state index in [9.17, 15) is 0 Å². The molecule has 0 atom stereocenters. The standard InChI is InChI=1S/C18H18N2/c1-12-13(2)20-18-15(9-6-10-16(18)17(12)19)11-14-7-4-3-5-8-14/h3-10H,11H2,1-2H3,(H2,19,20). The molecule has 0 aliphatic carbocycles. The number of hydrogen-bond acceptors (Lipinski definition) is 2. The highest BCUT2D eigenvalue weighted by Gasteiger charge is 2.10. The maximum Gasteiger partial charge on any atom is 0.0761 e. The molecule has 2 nitrogen and oxygen atoms in total. The van der Waals surface area contributed by atoms with E-state index < -0.39 is 0 Å². The summed E-state index contributed by atoms with van der Waals surface area (Å²) in [6.07, 6.45) is 0.882. The van der Waals surface area contributed by atoms with Gasteiger partial charge in [-0.15, -0.1) is 0 Å². The van der Waals surface area contributed by atoms with Gasteiger partial charge in [0.25, 0.3) is 0 Å². The van der Waals surface area contributed by atoms with E-state index in [0.717, 1.165) is 34.3 Å². The first kappa shape index (κ1) is 12.7. The number of rotatable bonds is 2. The third-order valence-corrected chi connectivity index (χ3v) is 3.87. The van der Waals surface area contributed by atoms with Crippen LogP contribution in [0.15, 0.2) is 48.5 Å². The van der Waals surface area contributed by atoms with Gasteiger partial charge in [0, 0.05) is 16.8 Å². The third kappa shape index (κ3) is 2.14. The zero-order valence-electron chi connectivity index (χ0n) is 11.9. The van der Waals surface area contributed by atoms with Crippen LogP contribution in [0.3, 0.4) is 0 Å². The van der Waals surface area contributed by atoms with Gasteiger partial charge in [-0.1, -0.05) is 48.5 Å². The summed E-state index contributed by atoms with van der Waals surface area (Å²) in [7, 11) is 0. The van der Waals surface area contributed by atoms with Crippen LogP contribution in [0.4, 0.5) is 5.69 Å². The first-order valence-electron chi connectivity index (χ1n) is 6.85. The zero-order valence-corrected chi connectivity index (χ0v) is 11.9. The van der Waals surface area contributed by atoms with Crippen molar-refractivity contribution in [3.63, 3.8) is 0 Å². The SMILES string of the molecule is Cc1nc2c(Cc3ccccc3)cccc2c(N)c1C. The molecule has 0 fully saturated rings. The van der Waals surface area contributed by atoms with Crippen LogP contribution < -0.4 is 5.73 Å². The van der Waals surface area contributed by atoms with Crippen molar-refractivity contribution in [1.29, 1.82) is 0 Å². The highest BCUT2D eigenvalue weighted by Crippen LogP contribution is 2.28. The molecule has 3 rings (SSSR count). The lowest BCUT2D eigenvalue weighted by molar-refractivity contribution is 1.15. The van der Waals surface area contributed by atoms with Gasteiger partial charge < -0.3 is 5.73 Å². The Kier molecular flexibility index (Phi) is 3.15. The molecule has 0 spiro atoms. The van der Waals surface area contributed by atoms with E-state index in [2.05, 4.69) is 42.5 Å². The molecular formula is C18H18N2. The van der Waals surface area contributed by atoms with Crippen molar-refractivity contribution < 1.29 is 0 Å². The Bertz CT molecular complexity index is 761. The predicted molar refractivity (Wildman–Crippen MR) is 84.9 cm³/mol. The molecule has 0 amide bonds. The van der Waals surface area contributed by atoms with E-state index in [1.807, 2.05) is 19.9 Å². The van der Waals surface area contributed by atoms with Crippen LogP contribution in [0.5, 0.6) is 0 Å². The van der Waals surface area contributed by atoms with E-state index in [1.165, 1.54) is 11.1 Å². The van der Waals surface area contributed by atoms with E-state index in [-0.39, 0.29) is 0 Å². The molecule has 3 aromatic rings.